The number of fused-ring (bicyclic) bond motifs is 1. The Morgan fingerprint density at radius 3 is 2.96 bits per heavy atom. The number of ether oxygens (including phenoxy) is 1. The minimum Gasteiger partial charge on any atom is -0.465 e. The van der Waals surface area contributed by atoms with Gasteiger partial charge in [-0.15, -0.1) is 21.5 Å². The molecule has 0 unspecified atom stereocenters. The number of esters is 1. The van der Waals surface area contributed by atoms with Gasteiger partial charge in [-0.3, -0.25) is 4.79 Å². The smallest absolute Gasteiger partial charge is 0.316 e. The first kappa shape index (κ1) is 17.5. The SMILES string of the molecule is CCCn1c(SCC(=O)OCC)nnc1-c1csc2c1CCCC2. The summed E-state index contributed by atoms with van der Waals surface area (Å²) in [4.78, 5) is 13.1. The molecular weight excluding hydrogens is 342 g/mol. The van der Waals surface area contributed by atoms with E-state index in [9.17, 15) is 4.79 Å². The van der Waals surface area contributed by atoms with Crippen LogP contribution < -0.4 is 0 Å². The van der Waals surface area contributed by atoms with Crippen LogP contribution in [0.4, 0.5) is 0 Å². The second-order valence-electron chi connectivity index (χ2n) is 5.81. The summed E-state index contributed by atoms with van der Waals surface area (Å²) in [5.41, 5.74) is 2.69. The Balaban J connectivity index is 1.86. The van der Waals surface area contributed by atoms with Crippen LogP contribution in [0.2, 0.25) is 0 Å². The molecule has 0 saturated heterocycles. The molecule has 1 aliphatic rings. The zero-order valence-corrected chi connectivity index (χ0v) is 15.8. The van der Waals surface area contributed by atoms with Crippen LogP contribution in [0.3, 0.4) is 0 Å². The Morgan fingerprint density at radius 2 is 2.17 bits per heavy atom. The molecule has 1 aliphatic carbocycles. The number of nitrogens with zero attached hydrogens (tertiary/aromatic N) is 3. The Hall–Kier alpha value is -1.34. The summed E-state index contributed by atoms with van der Waals surface area (Å²) in [6.07, 6.45) is 5.87. The molecule has 130 valence electrons. The maximum atomic E-state index is 11.6. The number of hydrogen-bond acceptors (Lipinski definition) is 6. The molecule has 0 saturated carbocycles. The largest absolute Gasteiger partial charge is 0.465 e. The predicted molar refractivity (Wildman–Crippen MR) is 97.6 cm³/mol. The van der Waals surface area contributed by atoms with Crippen molar-refractivity contribution >= 4 is 29.1 Å². The van der Waals surface area contributed by atoms with Crippen molar-refractivity contribution in [2.45, 2.75) is 57.7 Å². The van der Waals surface area contributed by atoms with E-state index in [0.29, 0.717) is 6.61 Å². The number of carbonyl (C=O) groups excluding carboxylic acids is 1. The van der Waals surface area contributed by atoms with E-state index in [1.54, 1.807) is 0 Å². The van der Waals surface area contributed by atoms with Gasteiger partial charge in [0.15, 0.2) is 11.0 Å². The minimum absolute atomic E-state index is 0.206. The molecule has 0 fully saturated rings. The van der Waals surface area contributed by atoms with Gasteiger partial charge in [-0.1, -0.05) is 18.7 Å². The van der Waals surface area contributed by atoms with Gasteiger partial charge in [-0.05, 0) is 44.6 Å². The molecular formula is C17H23N3O2S2. The Morgan fingerprint density at radius 1 is 1.33 bits per heavy atom. The molecule has 0 aliphatic heterocycles. The molecule has 5 nitrogen and oxygen atoms in total. The van der Waals surface area contributed by atoms with Gasteiger partial charge < -0.3 is 9.30 Å². The maximum absolute atomic E-state index is 11.6. The highest BCUT2D eigenvalue weighted by Crippen LogP contribution is 2.36. The molecule has 0 radical (unpaired) electrons. The van der Waals surface area contributed by atoms with Gasteiger partial charge >= 0.3 is 5.97 Å². The third kappa shape index (κ3) is 3.67. The monoisotopic (exact) mass is 365 g/mol. The fourth-order valence-corrected chi connectivity index (χ4v) is 4.91. The number of aromatic nitrogens is 3. The first-order valence-electron chi connectivity index (χ1n) is 8.55. The summed E-state index contributed by atoms with van der Waals surface area (Å²) in [7, 11) is 0. The van der Waals surface area contributed by atoms with Gasteiger partial charge in [0, 0.05) is 22.4 Å². The van der Waals surface area contributed by atoms with E-state index in [1.807, 2.05) is 18.3 Å². The lowest BCUT2D eigenvalue weighted by Crippen LogP contribution is -2.09. The molecule has 2 heterocycles. The standard InChI is InChI=1S/C17H23N3O2S2/c1-3-9-20-16(13-10-23-14-8-6-5-7-12(13)14)18-19-17(20)24-11-15(21)22-4-2/h10H,3-9,11H2,1-2H3. The van der Waals surface area contributed by atoms with Crippen molar-refractivity contribution in [2.24, 2.45) is 0 Å². The molecule has 2 aromatic rings. The quantitative estimate of drug-likeness (QED) is 0.549. The van der Waals surface area contributed by atoms with E-state index in [0.717, 1.165) is 30.4 Å². The van der Waals surface area contributed by atoms with Gasteiger partial charge in [0.1, 0.15) is 0 Å². The molecule has 0 spiro atoms. The first-order valence-corrected chi connectivity index (χ1v) is 10.4. The van der Waals surface area contributed by atoms with Gasteiger partial charge in [0.05, 0.1) is 12.4 Å². The van der Waals surface area contributed by atoms with E-state index in [-0.39, 0.29) is 11.7 Å². The topological polar surface area (TPSA) is 57.0 Å². The average molecular weight is 366 g/mol. The first-order chi connectivity index (χ1) is 11.7. The van der Waals surface area contributed by atoms with Crippen molar-refractivity contribution < 1.29 is 9.53 Å². The minimum atomic E-state index is -0.206. The van der Waals surface area contributed by atoms with Crippen LogP contribution in [0.1, 0.15) is 43.6 Å². The van der Waals surface area contributed by atoms with Crippen molar-refractivity contribution in [1.29, 1.82) is 0 Å². The van der Waals surface area contributed by atoms with E-state index >= 15 is 0 Å². The number of thioether (sulfide) groups is 1. The molecule has 24 heavy (non-hydrogen) atoms. The molecule has 0 atom stereocenters. The van der Waals surface area contributed by atoms with Crippen LogP contribution in [-0.4, -0.2) is 33.1 Å². The third-order valence-electron chi connectivity index (χ3n) is 4.09. The molecule has 0 bridgehead atoms. The lowest BCUT2D eigenvalue weighted by molar-refractivity contribution is -0.139. The molecule has 0 amide bonds. The van der Waals surface area contributed by atoms with E-state index in [2.05, 4.69) is 27.1 Å². The highest BCUT2D eigenvalue weighted by molar-refractivity contribution is 7.99. The Kier molecular flexibility index (Phi) is 5.94. The number of thiophene rings is 1. The predicted octanol–water partition coefficient (Wildman–Crippen LogP) is 3.95. The van der Waals surface area contributed by atoms with Crippen molar-refractivity contribution in [1.82, 2.24) is 14.8 Å². The fraction of sp³-hybridized carbons (Fsp3) is 0.588. The third-order valence-corrected chi connectivity index (χ3v) is 6.12. The average Bonchev–Trinajstić information content (AvgIpc) is 3.17. The lowest BCUT2D eigenvalue weighted by atomic mass is 9.95. The van der Waals surface area contributed by atoms with Crippen LogP contribution in [0.15, 0.2) is 10.5 Å². The zero-order chi connectivity index (χ0) is 16.9. The van der Waals surface area contributed by atoms with Crippen LogP contribution in [0.25, 0.3) is 11.4 Å². The number of hydrogen-bond donors (Lipinski definition) is 0. The normalized spacial score (nSPS) is 13.8. The zero-order valence-electron chi connectivity index (χ0n) is 14.2. The van der Waals surface area contributed by atoms with Gasteiger partial charge in [0.2, 0.25) is 0 Å². The number of rotatable bonds is 7. The summed E-state index contributed by atoms with van der Waals surface area (Å²) in [5.74, 6) is 1.02. The van der Waals surface area contributed by atoms with Gasteiger partial charge in [-0.25, -0.2) is 0 Å². The van der Waals surface area contributed by atoms with Crippen LogP contribution in [0, 0.1) is 0 Å². The Bertz CT molecular complexity index is 709. The summed E-state index contributed by atoms with van der Waals surface area (Å²) in [6.45, 7) is 5.23. The summed E-state index contributed by atoms with van der Waals surface area (Å²) >= 11 is 3.25. The molecule has 7 heteroatoms. The second kappa shape index (κ2) is 8.16. The van der Waals surface area contributed by atoms with E-state index < -0.39 is 0 Å². The molecule has 0 aromatic carbocycles. The lowest BCUT2D eigenvalue weighted by Gasteiger charge is -2.13. The van der Waals surface area contributed by atoms with Crippen LogP contribution >= 0.6 is 23.1 Å². The molecule has 2 aromatic heterocycles. The molecule has 3 rings (SSSR count). The van der Waals surface area contributed by atoms with Crippen molar-refractivity contribution in [3.63, 3.8) is 0 Å². The van der Waals surface area contributed by atoms with Crippen LogP contribution in [-0.2, 0) is 28.9 Å². The number of carbonyl (C=O) groups is 1. The van der Waals surface area contributed by atoms with Crippen LogP contribution in [0.5, 0.6) is 0 Å². The van der Waals surface area contributed by atoms with E-state index in [4.69, 9.17) is 4.74 Å². The van der Waals surface area contributed by atoms with E-state index in [1.165, 1.54) is 47.0 Å². The summed E-state index contributed by atoms with van der Waals surface area (Å²) in [5, 5.41) is 11.8. The Labute approximate surface area is 150 Å². The van der Waals surface area contributed by atoms with Gasteiger partial charge in [0.25, 0.3) is 0 Å². The van der Waals surface area contributed by atoms with Gasteiger partial charge in [-0.2, -0.15) is 0 Å². The highest BCUT2D eigenvalue weighted by Gasteiger charge is 2.22. The summed E-state index contributed by atoms with van der Waals surface area (Å²) < 4.78 is 7.15. The second-order valence-corrected chi connectivity index (χ2v) is 7.72. The number of aryl methyl sites for hydroxylation is 1. The fourth-order valence-electron chi connectivity index (χ4n) is 3.03. The maximum Gasteiger partial charge on any atom is 0.316 e. The highest BCUT2D eigenvalue weighted by atomic mass is 32.2. The van der Waals surface area contributed by atoms with Crippen molar-refractivity contribution in [3.8, 4) is 11.4 Å². The summed E-state index contributed by atoms with van der Waals surface area (Å²) in [6, 6.07) is 0. The molecule has 0 N–H and O–H groups in total. The van der Waals surface area contributed by atoms with Crippen molar-refractivity contribution in [3.05, 3.63) is 15.8 Å². The van der Waals surface area contributed by atoms with Crippen molar-refractivity contribution in [2.75, 3.05) is 12.4 Å².